The molecular formula is C22H41N5O5. The molecule has 1 heterocycles. The zero-order chi connectivity index (χ0) is 24.4. The Morgan fingerprint density at radius 1 is 1.06 bits per heavy atom. The highest BCUT2D eigenvalue weighted by Crippen LogP contribution is 2.13. The minimum absolute atomic E-state index is 0.0603. The number of ketones is 1. The standard InChI is InChI=1S/C22H41N5O5/c1-12(2)8-18(29)25-16-9-15(10-24-11-16)21(31)27-19(14(5)28)22(32)26-17(6-7-23)20(30)13(3)4/h12-17,19,24,28H,6-11,23H2,1-5H3,(H,25,29)(H,26,32)(H,27,31)/t14-,15?,16?,17-,19-/m0/s1. The maximum atomic E-state index is 12.8. The smallest absolute Gasteiger partial charge is 0.245 e. The number of rotatable bonds is 12. The second-order valence-electron chi connectivity index (χ2n) is 9.38. The van der Waals surface area contributed by atoms with Crippen molar-refractivity contribution in [2.45, 2.75) is 78.1 Å². The van der Waals surface area contributed by atoms with Crippen LogP contribution in [0.15, 0.2) is 0 Å². The summed E-state index contributed by atoms with van der Waals surface area (Å²) in [6, 6.07) is -2.18. The van der Waals surface area contributed by atoms with E-state index in [4.69, 9.17) is 5.73 Å². The molecule has 0 saturated carbocycles. The molecule has 10 nitrogen and oxygen atoms in total. The van der Waals surface area contributed by atoms with Crippen LogP contribution in [0.25, 0.3) is 0 Å². The van der Waals surface area contributed by atoms with Gasteiger partial charge in [-0.05, 0) is 32.2 Å². The molecule has 3 amide bonds. The van der Waals surface area contributed by atoms with Crippen molar-refractivity contribution in [3.8, 4) is 0 Å². The number of aliphatic hydroxyl groups is 1. The number of Topliss-reactive ketones (excluding diaryl/α,β-unsaturated/α-hetero) is 1. The van der Waals surface area contributed by atoms with Gasteiger partial charge in [-0.15, -0.1) is 0 Å². The Balaban J connectivity index is 2.75. The van der Waals surface area contributed by atoms with Gasteiger partial charge in [0.25, 0.3) is 0 Å². The number of nitrogens with one attached hydrogen (secondary N) is 4. The zero-order valence-corrected chi connectivity index (χ0v) is 19.9. The van der Waals surface area contributed by atoms with Crippen LogP contribution in [0.3, 0.4) is 0 Å². The zero-order valence-electron chi connectivity index (χ0n) is 19.9. The summed E-state index contributed by atoms with van der Waals surface area (Å²) >= 11 is 0. The highest BCUT2D eigenvalue weighted by Gasteiger charge is 2.34. The number of nitrogens with two attached hydrogens (primary N) is 1. The van der Waals surface area contributed by atoms with Crippen LogP contribution in [0.1, 0.15) is 53.9 Å². The van der Waals surface area contributed by atoms with Crippen LogP contribution in [0.2, 0.25) is 0 Å². The fourth-order valence-corrected chi connectivity index (χ4v) is 3.70. The van der Waals surface area contributed by atoms with Gasteiger partial charge in [-0.2, -0.15) is 0 Å². The summed E-state index contributed by atoms with van der Waals surface area (Å²) in [5.41, 5.74) is 5.57. The Labute approximate surface area is 190 Å². The van der Waals surface area contributed by atoms with Crippen molar-refractivity contribution in [3.63, 3.8) is 0 Å². The Morgan fingerprint density at radius 3 is 2.25 bits per heavy atom. The molecule has 2 unspecified atom stereocenters. The lowest BCUT2D eigenvalue weighted by Crippen LogP contribution is -2.59. The van der Waals surface area contributed by atoms with Gasteiger partial charge in [-0.1, -0.05) is 27.7 Å². The lowest BCUT2D eigenvalue weighted by Gasteiger charge is -2.32. The third kappa shape index (κ3) is 9.22. The van der Waals surface area contributed by atoms with Gasteiger partial charge >= 0.3 is 0 Å². The van der Waals surface area contributed by atoms with E-state index >= 15 is 0 Å². The molecule has 1 aliphatic rings. The Bertz CT molecular complexity index is 653. The van der Waals surface area contributed by atoms with Crippen LogP contribution in [-0.4, -0.2) is 72.5 Å². The molecule has 32 heavy (non-hydrogen) atoms. The largest absolute Gasteiger partial charge is 0.391 e. The number of hydrogen-bond donors (Lipinski definition) is 6. The van der Waals surface area contributed by atoms with E-state index in [2.05, 4.69) is 21.3 Å². The van der Waals surface area contributed by atoms with E-state index in [9.17, 15) is 24.3 Å². The van der Waals surface area contributed by atoms with Gasteiger partial charge in [-0.25, -0.2) is 0 Å². The first-order valence-corrected chi connectivity index (χ1v) is 11.5. The fraction of sp³-hybridized carbons (Fsp3) is 0.818. The molecule has 0 radical (unpaired) electrons. The summed E-state index contributed by atoms with van der Waals surface area (Å²) in [6.07, 6.45) is -0.0485. The minimum Gasteiger partial charge on any atom is -0.391 e. The molecule has 1 aliphatic heterocycles. The topological polar surface area (TPSA) is 163 Å². The van der Waals surface area contributed by atoms with Gasteiger partial charge in [0.1, 0.15) is 6.04 Å². The average molecular weight is 456 g/mol. The normalized spacial score (nSPS) is 21.5. The average Bonchev–Trinajstić information content (AvgIpc) is 2.69. The van der Waals surface area contributed by atoms with E-state index in [-0.39, 0.29) is 42.5 Å². The Kier molecular flexibility index (Phi) is 11.8. The summed E-state index contributed by atoms with van der Waals surface area (Å²) < 4.78 is 0. The molecule has 0 spiro atoms. The molecule has 0 aromatic carbocycles. The van der Waals surface area contributed by atoms with E-state index in [1.807, 2.05) is 13.8 Å². The molecule has 1 rings (SSSR count). The number of aliphatic hydroxyl groups excluding tert-OH is 1. The van der Waals surface area contributed by atoms with Crippen LogP contribution in [0.4, 0.5) is 0 Å². The maximum absolute atomic E-state index is 12.8. The third-order valence-electron chi connectivity index (χ3n) is 5.43. The third-order valence-corrected chi connectivity index (χ3v) is 5.43. The van der Waals surface area contributed by atoms with E-state index in [0.717, 1.165) is 0 Å². The first-order chi connectivity index (χ1) is 15.0. The van der Waals surface area contributed by atoms with Gasteiger partial charge in [0, 0.05) is 31.5 Å². The second kappa shape index (κ2) is 13.5. The van der Waals surface area contributed by atoms with Crippen LogP contribution in [-0.2, 0) is 19.2 Å². The number of hydrogen-bond acceptors (Lipinski definition) is 7. The van der Waals surface area contributed by atoms with Gasteiger partial charge in [0.05, 0.1) is 18.1 Å². The van der Waals surface area contributed by atoms with Crippen LogP contribution in [0, 0.1) is 17.8 Å². The summed E-state index contributed by atoms with van der Waals surface area (Å²) in [6.45, 7) is 9.97. The predicted molar refractivity (Wildman–Crippen MR) is 121 cm³/mol. The molecule has 0 aromatic rings. The summed E-state index contributed by atoms with van der Waals surface area (Å²) in [4.78, 5) is 50.0. The fourth-order valence-electron chi connectivity index (χ4n) is 3.70. The minimum atomic E-state index is -1.21. The van der Waals surface area contributed by atoms with E-state index < -0.39 is 35.9 Å². The van der Waals surface area contributed by atoms with Gasteiger partial charge in [-0.3, -0.25) is 19.2 Å². The van der Waals surface area contributed by atoms with Crippen LogP contribution >= 0.6 is 0 Å². The van der Waals surface area contributed by atoms with Crippen LogP contribution in [0.5, 0.6) is 0 Å². The SMILES string of the molecule is CC(C)CC(=O)NC1CNCC(C(=O)N[C@H](C(=O)N[C@@H](CCN)C(=O)C(C)C)[C@H](C)O)C1. The predicted octanol–water partition coefficient (Wildman–Crippen LogP) is -0.949. The van der Waals surface area contributed by atoms with E-state index in [0.29, 0.717) is 25.9 Å². The van der Waals surface area contributed by atoms with Gasteiger partial charge < -0.3 is 32.1 Å². The van der Waals surface area contributed by atoms with Crippen molar-refractivity contribution < 1.29 is 24.3 Å². The number of amides is 3. The van der Waals surface area contributed by atoms with Crippen molar-refractivity contribution in [3.05, 3.63) is 0 Å². The monoisotopic (exact) mass is 455 g/mol. The highest BCUT2D eigenvalue weighted by atomic mass is 16.3. The molecule has 1 saturated heterocycles. The molecule has 0 bridgehead atoms. The molecule has 1 fully saturated rings. The highest BCUT2D eigenvalue weighted by molar-refractivity contribution is 5.94. The molecule has 5 atom stereocenters. The van der Waals surface area contributed by atoms with Crippen molar-refractivity contribution in [2.24, 2.45) is 23.5 Å². The summed E-state index contributed by atoms with van der Waals surface area (Å²) in [7, 11) is 0. The molecule has 0 aliphatic carbocycles. The quantitative estimate of drug-likeness (QED) is 0.221. The summed E-state index contributed by atoms with van der Waals surface area (Å²) in [5, 5.41) is 21.4. The maximum Gasteiger partial charge on any atom is 0.245 e. The number of carbonyl (C=O) groups is 4. The first-order valence-electron chi connectivity index (χ1n) is 11.5. The van der Waals surface area contributed by atoms with Crippen molar-refractivity contribution >= 4 is 23.5 Å². The van der Waals surface area contributed by atoms with E-state index in [1.165, 1.54) is 6.92 Å². The van der Waals surface area contributed by atoms with Crippen molar-refractivity contribution in [2.75, 3.05) is 19.6 Å². The summed E-state index contributed by atoms with van der Waals surface area (Å²) in [5.74, 6) is -1.77. The lowest BCUT2D eigenvalue weighted by molar-refractivity contribution is -0.136. The molecule has 184 valence electrons. The number of carbonyl (C=O) groups excluding carboxylic acids is 4. The lowest BCUT2D eigenvalue weighted by atomic mass is 9.93. The molecule has 7 N–H and O–H groups in total. The molecule has 10 heteroatoms. The molecule has 0 aromatic heterocycles. The van der Waals surface area contributed by atoms with Gasteiger partial charge in [0.2, 0.25) is 17.7 Å². The second-order valence-corrected chi connectivity index (χ2v) is 9.38. The van der Waals surface area contributed by atoms with Crippen LogP contribution < -0.4 is 27.0 Å². The van der Waals surface area contributed by atoms with E-state index in [1.54, 1.807) is 13.8 Å². The van der Waals surface area contributed by atoms with Crippen molar-refractivity contribution in [1.82, 2.24) is 21.3 Å². The molecular weight excluding hydrogens is 414 g/mol. The van der Waals surface area contributed by atoms with Crippen molar-refractivity contribution in [1.29, 1.82) is 0 Å². The van der Waals surface area contributed by atoms with Gasteiger partial charge in [0.15, 0.2) is 5.78 Å². The Morgan fingerprint density at radius 2 is 1.72 bits per heavy atom. The Hall–Kier alpha value is -2.04. The number of piperidine rings is 1. The first kappa shape index (κ1) is 28.0.